The molecule has 0 aliphatic rings. The fourth-order valence-electron chi connectivity index (χ4n) is 1.95. The molecule has 2 aromatic rings. The molecule has 0 fully saturated rings. The molecule has 3 nitrogen and oxygen atoms in total. The Balaban J connectivity index is 2.31. The molecule has 0 aliphatic carbocycles. The molecule has 110 valence electrons. The third kappa shape index (κ3) is 4.33. The van der Waals surface area contributed by atoms with Gasteiger partial charge in [-0.25, -0.2) is 4.98 Å². The molecular weight excluding hydrogens is 280 g/mol. The van der Waals surface area contributed by atoms with E-state index in [2.05, 4.69) is 31.8 Å². The van der Waals surface area contributed by atoms with Gasteiger partial charge in [-0.1, -0.05) is 45.0 Å². The number of carbonyl (C=O) groups is 1. The lowest BCUT2D eigenvalue weighted by molar-refractivity contribution is -0.107. The number of nitrogens with two attached hydrogens (primary N) is 1. The number of hydrogen-bond donors (Lipinski definition) is 1. The molecule has 0 saturated carbocycles. The molecule has 0 saturated heterocycles. The third-order valence-corrected chi connectivity index (χ3v) is 4.06. The van der Waals surface area contributed by atoms with Gasteiger partial charge in [0.2, 0.25) is 0 Å². The molecule has 1 aromatic heterocycles. The van der Waals surface area contributed by atoms with Crippen LogP contribution in [-0.2, 0) is 11.2 Å². The topological polar surface area (TPSA) is 56.0 Å². The van der Waals surface area contributed by atoms with E-state index in [4.69, 9.17) is 5.73 Å². The number of thioether (sulfide) groups is 1. The quantitative estimate of drug-likeness (QED) is 0.686. The highest BCUT2D eigenvalue weighted by Gasteiger charge is 2.15. The van der Waals surface area contributed by atoms with E-state index in [0.29, 0.717) is 12.2 Å². The Labute approximate surface area is 130 Å². The molecule has 0 radical (unpaired) electrons. The van der Waals surface area contributed by atoms with Crippen LogP contribution in [0.3, 0.4) is 0 Å². The highest BCUT2D eigenvalue weighted by molar-refractivity contribution is 8.00. The number of anilines is 1. The lowest BCUT2D eigenvalue weighted by Crippen LogP contribution is -2.08. The van der Waals surface area contributed by atoms with E-state index in [1.54, 1.807) is 18.0 Å². The number of benzene rings is 1. The largest absolute Gasteiger partial charge is 0.383 e. The minimum Gasteiger partial charge on any atom is -0.383 e. The van der Waals surface area contributed by atoms with Crippen molar-refractivity contribution >= 4 is 23.9 Å². The van der Waals surface area contributed by atoms with Crippen LogP contribution in [0.1, 0.15) is 26.3 Å². The molecule has 1 aromatic carbocycles. The van der Waals surface area contributed by atoms with Crippen LogP contribution in [0.25, 0.3) is 11.1 Å². The lowest BCUT2D eigenvalue weighted by atomic mass is 10.0. The Morgan fingerprint density at radius 3 is 2.43 bits per heavy atom. The summed E-state index contributed by atoms with van der Waals surface area (Å²) in [4.78, 5) is 15.8. The maximum atomic E-state index is 10.5. The average Bonchev–Trinajstić information content (AvgIpc) is 2.41. The standard InChI is InChI=1S/C17H20N2OS/c1-17(2,3)21-15-10-14(11-19-16(15)18)13-6-4-12(5-7-13)8-9-20/h4-7,9-11H,8H2,1-3H3,(H2,18,19). The van der Waals surface area contributed by atoms with Crippen molar-refractivity contribution in [3.05, 3.63) is 42.1 Å². The van der Waals surface area contributed by atoms with Crippen molar-refractivity contribution in [2.75, 3.05) is 5.73 Å². The van der Waals surface area contributed by atoms with Gasteiger partial charge in [-0.2, -0.15) is 0 Å². The average molecular weight is 300 g/mol. The molecule has 0 unspecified atom stereocenters. The van der Waals surface area contributed by atoms with Crippen molar-refractivity contribution in [2.24, 2.45) is 0 Å². The van der Waals surface area contributed by atoms with Crippen LogP contribution in [0.2, 0.25) is 0 Å². The maximum absolute atomic E-state index is 10.5. The van der Waals surface area contributed by atoms with Gasteiger partial charge in [-0.15, -0.1) is 11.8 Å². The monoisotopic (exact) mass is 300 g/mol. The second-order valence-corrected chi connectivity index (χ2v) is 7.76. The number of aldehydes is 1. The first-order chi connectivity index (χ1) is 9.89. The molecule has 0 atom stereocenters. The number of carbonyl (C=O) groups excluding carboxylic acids is 1. The second kappa shape index (κ2) is 6.31. The van der Waals surface area contributed by atoms with Gasteiger partial charge in [-0.3, -0.25) is 0 Å². The van der Waals surface area contributed by atoms with Crippen LogP contribution < -0.4 is 5.73 Å². The molecule has 0 spiro atoms. The van der Waals surface area contributed by atoms with Crippen LogP contribution >= 0.6 is 11.8 Å². The highest BCUT2D eigenvalue weighted by Crippen LogP contribution is 2.36. The normalized spacial score (nSPS) is 11.4. The van der Waals surface area contributed by atoms with Crippen molar-refractivity contribution in [3.63, 3.8) is 0 Å². The maximum Gasteiger partial charge on any atom is 0.137 e. The predicted octanol–water partition coefficient (Wildman–Crippen LogP) is 3.96. The SMILES string of the molecule is CC(C)(C)Sc1cc(-c2ccc(CC=O)cc2)cnc1N. The van der Waals surface area contributed by atoms with Gasteiger partial charge in [-0.05, 0) is 17.2 Å². The lowest BCUT2D eigenvalue weighted by Gasteiger charge is -2.19. The minimum atomic E-state index is 0.0856. The molecule has 0 aliphatic heterocycles. The van der Waals surface area contributed by atoms with E-state index in [9.17, 15) is 4.79 Å². The predicted molar refractivity (Wildman–Crippen MR) is 89.5 cm³/mol. The van der Waals surface area contributed by atoms with Gasteiger partial charge in [0.05, 0.1) is 4.90 Å². The third-order valence-electron chi connectivity index (χ3n) is 2.90. The summed E-state index contributed by atoms with van der Waals surface area (Å²) < 4.78 is 0.0856. The van der Waals surface area contributed by atoms with Crippen LogP contribution in [0.15, 0.2) is 41.4 Å². The van der Waals surface area contributed by atoms with Crippen molar-refractivity contribution in [1.82, 2.24) is 4.98 Å². The van der Waals surface area contributed by atoms with Gasteiger partial charge in [0.25, 0.3) is 0 Å². The molecular formula is C17H20N2OS. The number of aromatic nitrogens is 1. The summed E-state index contributed by atoms with van der Waals surface area (Å²) in [5.41, 5.74) is 9.10. The molecule has 0 bridgehead atoms. The van der Waals surface area contributed by atoms with Crippen molar-refractivity contribution in [1.29, 1.82) is 0 Å². The summed E-state index contributed by atoms with van der Waals surface area (Å²) in [6, 6.07) is 10.0. The Hall–Kier alpha value is -1.81. The molecule has 0 amide bonds. The zero-order chi connectivity index (χ0) is 15.5. The second-order valence-electron chi connectivity index (χ2n) is 5.89. The van der Waals surface area contributed by atoms with Crippen LogP contribution in [0.4, 0.5) is 5.82 Å². The van der Waals surface area contributed by atoms with E-state index in [1.807, 2.05) is 24.3 Å². The smallest absolute Gasteiger partial charge is 0.137 e. The first-order valence-corrected chi connectivity index (χ1v) is 7.68. The van der Waals surface area contributed by atoms with E-state index in [-0.39, 0.29) is 4.75 Å². The minimum absolute atomic E-state index is 0.0856. The van der Waals surface area contributed by atoms with Crippen molar-refractivity contribution in [3.8, 4) is 11.1 Å². The number of pyridine rings is 1. The van der Waals surface area contributed by atoms with E-state index < -0.39 is 0 Å². The zero-order valence-electron chi connectivity index (χ0n) is 12.6. The summed E-state index contributed by atoms with van der Waals surface area (Å²) in [7, 11) is 0. The van der Waals surface area contributed by atoms with Crippen molar-refractivity contribution < 1.29 is 4.79 Å². The number of nitrogen functional groups attached to an aromatic ring is 1. The Kier molecular flexibility index (Phi) is 4.68. The highest BCUT2D eigenvalue weighted by atomic mass is 32.2. The van der Waals surface area contributed by atoms with Crippen LogP contribution in [0, 0.1) is 0 Å². The van der Waals surface area contributed by atoms with E-state index >= 15 is 0 Å². The first kappa shape index (κ1) is 15.6. The molecule has 2 N–H and O–H groups in total. The van der Waals surface area contributed by atoms with Gasteiger partial charge in [0, 0.05) is 22.9 Å². The zero-order valence-corrected chi connectivity index (χ0v) is 13.4. The van der Waals surface area contributed by atoms with Gasteiger partial charge in [0.1, 0.15) is 12.1 Å². The summed E-state index contributed by atoms with van der Waals surface area (Å²) in [5, 5.41) is 0. The van der Waals surface area contributed by atoms with Crippen LogP contribution in [-0.4, -0.2) is 16.0 Å². The van der Waals surface area contributed by atoms with Gasteiger partial charge >= 0.3 is 0 Å². The Morgan fingerprint density at radius 2 is 1.86 bits per heavy atom. The summed E-state index contributed by atoms with van der Waals surface area (Å²) >= 11 is 1.71. The number of rotatable bonds is 4. The molecule has 21 heavy (non-hydrogen) atoms. The molecule has 2 rings (SSSR count). The van der Waals surface area contributed by atoms with Crippen LogP contribution in [0.5, 0.6) is 0 Å². The van der Waals surface area contributed by atoms with E-state index in [0.717, 1.165) is 27.9 Å². The van der Waals surface area contributed by atoms with Gasteiger partial charge < -0.3 is 10.5 Å². The summed E-state index contributed by atoms with van der Waals surface area (Å²) in [6.45, 7) is 6.45. The summed E-state index contributed by atoms with van der Waals surface area (Å²) in [6.07, 6.45) is 3.15. The molecule has 4 heteroatoms. The molecule has 1 heterocycles. The fourth-order valence-corrected chi connectivity index (χ4v) is 2.96. The Morgan fingerprint density at radius 1 is 1.19 bits per heavy atom. The Bertz CT molecular complexity index is 630. The first-order valence-electron chi connectivity index (χ1n) is 6.86. The number of hydrogen-bond acceptors (Lipinski definition) is 4. The van der Waals surface area contributed by atoms with Crippen molar-refractivity contribution in [2.45, 2.75) is 36.8 Å². The van der Waals surface area contributed by atoms with Gasteiger partial charge in [0.15, 0.2) is 0 Å². The number of nitrogens with zero attached hydrogens (tertiary/aromatic N) is 1. The summed E-state index contributed by atoms with van der Waals surface area (Å²) in [5.74, 6) is 0.566. The fraction of sp³-hybridized carbons (Fsp3) is 0.294. The van der Waals surface area contributed by atoms with E-state index in [1.165, 1.54) is 0 Å².